The minimum Gasteiger partial charge on any atom is -0.487 e. The average Bonchev–Trinajstić information content (AvgIpc) is 3.17. The Morgan fingerprint density at radius 1 is 1.21 bits per heavy atom. The third-order valence-electron chi connectivity index (χ3n) is 6.67. The van der Waals surface area contributed by atoms with Crippen LogP contribution in [0.25, 0.3) is 0 Å². The largest absolute Gasteiger partial charge is 0.487 e. The molecule has 4 atom stereocenters. The number of piperidine rings is 1. The van der Waals surface area contributed by atoms with Crippen molar-refractivity contribution < 1.29 is 28.9 Å². The molecule has 3 N–H and O–H groups in total. The van der Waals surface area contributed by atoms with Crippen molar-refractivity contribution in [3.05, 3.63) is 23.8 Å². The number of amides is 2. The molecule has 0 saturated carbocycles. The first-order valence-electron chi connectivity index (χ1n) is 11.9. The van der Waals surface area contributed by atoms with E-state index in [9.17, 15) is 14.7 Å². The lowest BCUT2D eigenvalue weighted by molar-refractivity contribution is -0.142. The molecule has 2 fully saturated rings. The Bertz CT molecular complexity index is 828. The van der Waals surface area contributed by atoms with Gasteiger partial charge in [-0.2, -0.15) is 0 Å². The zero-order valence-corrected chi connectivity index (χ0v) is 19.3. The van der Waals surface area contributed by atoms with Crippen LogP contribution in [0.1, 0.15) is 43.6 Å². The fourth-order valence-electron chi connectivity index (χ4n) is 5.11. The SMILES string of the molecule is COCC(=O)Nc1ccc2c(c1)[C@@H]1C[C@H](CC(=O)NCCN3CCCCC3)O[C@@H](CO)[C@@H]1O2. The molecule has 0 unspecified atom stereocenters. The molecule has 2 saturated heterocycles. The molecule has 0 aromatic heterocycles. The van der Waals surface area contributed by atoms with E-state index in [1.165, 1.54) is 26.4 Å². The summed E-state index contributed by atoms with van der Waals surface area (Å²) < 4.78 is 17.0. The predicted octanol–water partition coefficient (Wildman–Crippen LogP) is 1.26. The molecule has 9 heteroatoms. The molecule has 182 valence electrons. The summed E-state index contributed by atoms with van der Waals surface area (Å²) in [7, 11) is 1.47. The number of carbonyl (C=O) groups excluding carboxylic acids is 2. The predicted molar refractivity (Wildman–Crippen MR) is 122 cm³/mol. The van der Waals surface area contributed by atoms with E-state index in [2.05, 4.69) is 15.5 Å². The van der Waals surface area contributed by atoms with Gasteiger partial charge < -0.3 is 34.9 Å². The molecule has 2 amide bonds. The summed E-state index contributed by atoms with van der Waals surface area (Å²) in [5.41, 5.74) is 1.63. The number of benzene rings is 1. The molecule has 4 rings (SSSR count). The van der Waals surface area contributed by atoms with Crippen LogP contribution in [0.2, 0.25) is 0 Å². The first kappa shape index (κ1) is 23.9. The third-order valence-corrected chi connectivity index (χ3v) is 6.67. The minimum atomic E-state index is -0.506. The van der Waals surface area contributed by atoms with Crippen molar-refractivity contribution in [3.63, 3.8) is 0 Å². The van der Waals surface area contributed by atoms with Crippen LogP contribution in [0, 0.1) is 0 Å². The Hall–Kier alpha value is -2.20. The lowest BCUT2D eigenvalue weighted by Gasteiger charge is -2.37. The van der Waals surface area contributed by atoms with Gasteiger partial charge in [-0.1, -0.05) is 6.42 Å². The summed E-state index contributed by atoms with van der Waals surface area (Å²) in [6, 6.07) is 5.52. The maximum absolute atomic E-state index is 12.6. The lowest BCUT2D eigenvalue weighted by Crippen LogP contribution is -2.47. The Morgan fingerprint density at radius 3 is 2.79 bits per heavy atom. The van der Waals surface area contributed by atoms with Crippen molar-refractivity contribution in [1.82, 2.24) is 10.2 Å². The summed E-state index contributed by atoms with van der Waals surface area (Å²) in [6.07, 6.45) is 3.50. The standard InChI is InChI=1S/C24H35N3O6/c1-31-15-23(30)26-16-5-6-20-18(11-16)19-12-17(32-21(14-28)24(19)33-20)13-22(29)25-7-10-27-8-3-2-4-9-27/h5-6,11,17,19,21,24,28H,2-4,7-10,12-15H2,1H3,(H,25,29)(H,26,30)/t17-,19+,21+,24-/m1/s1. The molecular weight excluding hydrogens is 426 g/mol. The molecule has 3 aliphatic heterocycles. The van der Waals surface area contributed by atoms with Gasteiger partial charge in [0.25, 0.3) is 0 Å². The topological polar surface area (TPSA) is 109 Å². The van der Waals surface area contributed by atoms with E-state index in [0.717, 1.165) is 30.9 Å². The maximum atomic E-state index is 12.6. The van der Waals surface area contributed by atoms with E-state index in [0.29, 0.717) is 18.7 Å². The number of rotatable bonds is 9. The van der Waals surface area contributed by atoms with E-state index in [-0.39, 0.29) is 49.6 Å². The van der Waals surface area contributed by atoms with E-state index in [1.54, 1.807) is 6.07 Å². The highest BCUT2D eigenvalue weighted by Gasteiger charge is 2.46. The average molecular weight is 462 g/mol. The zero-order valence-electron chi connectivity index (χ0n) is 19.3. The fraction of sp³-hybridized carbons (Fsp3) is 0.667. The highest BCUT2D eigenvalue weighted by Crippen LogP contribution is 2.47. The minimum absolute atomic E-state index is 0.0173. The summed E-state index contributed by atoms with van der Waals surface area (Å²) >= 11 is 0. The second-order valence-electron chi connectivity index (χ2n) is 9.09. The molecule has 3 aliphatic rings. The first-order valence-corrected chi connectivity index (χ1v) is 11.9. The number of ether oxygens (including phenoxy) is 3. The number of carbonyl (C=O) groups is 2. The molecule has 1 aromatic carbocycles. The molecule has 0 aliphatic carbocycles. The molecule has 33 heavy (non-hydrogen) atoms. The van der Waals surface area contributed by atoms with Gasteiger partial charge >= 0.3 is 0 Å². The number of hydrogen-bond acceptors (Lipinski definition) is 7. The van der Waals surface area contributed by atoms with Crippen molar-refractivity contribution in [2.75, 3.05) is 51.8 Å². The van der Waals surface area contributed by atoms with Gasteiger partial charge in [-0.3, -0.25) is 9.59 Å². The van der Waals surface area contributed by atoms with Crippen molar-refractivity contribution in [3.8, 4) is 5.75 Å². The van der Waals surface area contributed by atoms with E-state index in [1.807, 2.05) is 12.1 Å². The second kappa shape index (κ2) is 11.3. The van der Waals surface area contributed by atoms with Crippen LogP contribution < -0.4 is 15.4 Å². The number of anilines is 1. The molecule has 0 radical (unpaired) electrons. The zero-order chi connectivity index (χ0) is 23.2. The lowest BCUT2D eigenvalue weighted by atomic mass is 9.84. The van der Waals surface area contributed by atoms with Crippen LogP contribution in [0.3, 0.4) is 0 Å². The fourth-order valence-corrected chi connectivity index (χ4v) is 5.11. The van der Waals surface area contributed by atoms with Gasteiger partial charge in [0.15, 0.2) is 0 Å². The van der Waals surface area contributed by atoms with Crippen molar-refractivity contribution in [2.24, 2.45) is 0 Å². The normalized spacial score (nSPS) is 26.7. The number of nitrogens with one attached hydrogen (secondary N) is 2. The van der Waals surface area contributed by atoms with Gasteiger partial charge in [0.2, 0.25) is 11.8 Å². The van der Waals surface area contributed by atoms with Crippen molar-refractivity contribution in [1.29, 1.82) is 0 Å². The van der Waals surface area contributed by atoms with Crippen LogP contribution in [-0.4, -0.2) is 86.6 Å². The van der Waals surface area contributed by atoms with Gasteiger partial charge in [0.05, 0.1) is 19.1 Å². The Kier molecular flexibility index (Phi) is 8.19. The van der Waals surface area contributed by atoms with Gasteiger partial charge in [-0.25, -0.2) is 0 Å². The van der Waals surface area contributed by atoms with E-state index in [4.69, 9.17) is 14.2 Å². The van der Waals surface area contributed by atoms with E-state index >= 15 is 0 Å². The van der Waals surface area contributed by atoms with Crippen molar-refractivity contribution in [2.45, 2.75) is 56.3 Å². The number of hydrogen-bond donors (Lipinski definition) is 3. The quantitative estimate of drug-likeness (QED) is 0.508. The number of fused-ring (bicyclic) bond motifs is 3. The molecule has 0 spiro atoms. The van der Waals surface area contributed by atoms with Gasteiger partial charge in [-0.05, 0) is 50.6 Å². The van der Waals surface area contributed by atoms with Gasteiger partial charge in [0.1, 0.15) is 24.6 Å². The van der Waals surface area contributed by atoms with Crippen LogP contribution >= 0.6 is 0 Å². The van der Waals surface area contributed by atoms with Crippen molar-refractivity contribution >= 4 is 17.5 Å². The van der Waals surface area contributed by atoms with Crippen LogP contribution in [0.15, 0.2) is 18.2 Å². The van der Waals surface area contributed by atoms with Crippen LogP contribution in [0.5, 0.6) is 5.75 Å². The number of aliphatic hydroxyl groups excluding tert-OH is 1. The van der Waals surface area contributed by atoms with Gasteiger partial charge in [0, 0.05) is 37.4 Å². The Morgan fingerprint density at radius 2 is 2.03 bits per heavy atom. The summed E-state index contributed by atoms with van der Waals surface area (Å²) in [5.74, 6) is 0.443. The molecule has 0 bridgehead atoms. The number of aliphatic hydroxyl groups is 1. The van der Waals surface area contributed by atoms with Crippen LogP contribution in [0.4, 0.5) is 5.69 Å². The molecule has 3 heterocycles. The van der Waals surface area contributed by atoms with Crippen LogP contribution in [-0.2, 0) is 19.1 Å². The first-order chi connectivity index (χ1) is 16.1. The summed E-state index contributed by atoms with van der Waals surface area (Å²) in [6.45, 7) is 3.53. The summed E-state index contributed by atoms with van der Waals surface area (Å²) in [5, 5.41) is 15.7. The highest BCUT2D eigenvalue weighted by atomic mass is 16.6. The van der Waals surface area contributed by atoms with E-state index < -0.39 is 6.10 Å². The Labute approximate surface area is 194 Å². The Balaban J connectivity index is 1.35. The summed E-state index contributed by atoms with van der Waals surface area (Å²) in [4.78, 5) is 26.8. The molecule has 9 nitrogen and oxygen atoms in total. The third kappa shape index (κ3) is 6.03. The maximum Gasteiger partial charge on any atom is 0.250 e. The number of likely N-dealkylation sites (tertiary alicyclic amines) is 1. The smallest absolute Gasteiger partial charge is 0.250 e. The van der Waals surface area contributed by atoms with Gasteiger partial charge in [-0.15, -0.1) is 0 Å². The second-order valence-corrected chi connectivity index (χ2v) is 9.09. The molecular formula is C24H35N3O6. The molecule has 1 aromatic rings. The number of methoxy groups -OCH3 is 1. The highest BCUT2D eigenvalue weighted by molar-refractivity contribution is 5.91. The number of nitrogens with zero attached hydrogens (tertiary/aromatic N) is 1. The monoisotopic (exact) mass is 461 g/mol.